The first kappa shape index (κ1) is 8.55. The number of hydrogen-bond donors (Lipinski definition) is 2. The van der Waals surface area contributed by atoms with Gasteiger partial charge >= 0.3 is 5.97 Å². The molecular formula is C9H8N2O3. The minimum atomic E-state index is -0.604. The maximum Gasteiger partial charge on any atom is 0.345 e. The number of hydrogen-bond acceptors (Lipinski definition) is 4. The van der Waals surface area contributed by atoms with E-state index in [4.69, 9.17) is 0 Å². The first-order valence-corrected chi connectivity index (χ1v) is 3.98. The third-order valence-corrected chi connectivity index (χ3v) is 1.92. The summed E-state index contributed by atoms with van der Waals surface area (Å²) in [4.78, 5) is 17.9. The standard InChI is InChI=1S/C9H8N2O3/c1-14-9(13)6-7-5(11-8(6)12)3-2-4-10-7/h2-4,11-12H,1H3. The highest BCUT2D eigenvalue weighted by molar-refractivity contribution is 6.04. The zero-order chi connectivity index (χ0) is 10.1. The summed E-state index contributed by atoms with van der Waals surface area (Å²) >= 11 is 0. The molecule has 0 spiro atoms. The lowest BCUT2D eigenvalue weighted by Gasteiger charge is -1.95. The summed E-state index contributed by atoms with van der Waals surface area (Å²) in [6, 6.07) is 3.42. The van der Waals surface area contributed by atoms with Gasteiger partial charge in [0, 0.05) is 6.20 Å². The zero-order valence-corrected chi connectivity index (χ0v) is 7.44. The van der Waals surface area contributed by atoms with Crippen molar-refractivity contribution < 1.29 is 14.6 Å². The molecule has 2 heterocycles. The van der Waals surface area contributed by atoms with E-state index in [1.165, 1.54) is 7.11 Å². The van der Waals surface area contributed by atoms with Crippen molar-refractivity contribution in [1.82, 2.24) is 9.97 Å². The molecular weight excluding hydrogens is 184 g/mol. The molecule has 2 aromatic rings. The van der Waals surface area contributed by atoms with Crippen LogP contribution in [-0.4, -0.2) is 28.2 Å². The summed E-state index contributed by atoms with van der Waals surface area (Å²) in [7, 11) is 1.25. The van der Waals surface area contributed by atoms with Crippen LogP contribution in [0.4, 0.5) is 0 Å². The van der Waals surface area contributed by atoms with E-state index in [9.17, 15) is 9.90 Å². The minimum absolute atomic E-state index is 0.0723. The topological polar surface area (TPSA) is 75.2 Å². The van der Waals surface area contributed by atoms with E-state index in [-0.39, 0.29) is 11.4 Å². The lowest BCUT2D eigenvalue weighted by molar-refractivity contribution is 0.0599. The fourth-order valence-corrected chi connectivity index (χ4v) is 1.30. The number of aromatic hydroxyl groups is 1. The number of carbonyl (C=O) groups excluding carboxylic acids is 1. The second kappa shape index (κ2) is 3.02. The predicted molar refractivity (Wildman–Crippen MR) is 49.1 cm³/mol. The van der Waals surface area contributed by atoms with Crippen LogP contribution in [-0.2, 0) is 4.74 Å². The average molecular weight is 192 g/mol. The predicted octanol–water partition coefficient (Wildman–Crippen LogP) is 1.06. The van der Waals surface area contributed by atoms with Crippen molar-refractivity contribution in [2.45, 2.75) is 0 Å². The number of esters is 1. The molecule has 0 aromatic carbocycles. The number of methoxy groups -OCH3 is 1. The van der Waals surface area contributed by atoms with Crippen LogP contribution in [0.2, 0.25) is 0 Å². The zero-order valence-electron chi connectivity index (χ0n) is 7.44. The Labute approximate surface area is 79.3 Å². The summed E-state index contributed by atoms with van der Waals surface area (Å²) in [6.45, 7) is 0. The number of nitrogens with zero attached hydrogens (tertiary/aromatic N) is 1. The van der Waals surface area contributed by atoms with Crippen molar-refractivity contribution >= 4 is 17.0 Å². The number of ether oxygens (including phenoxy) is 1. The maximum atomic E-state index is 11.3. The van der Waals surface area contributed by atoms with Gasteiger partial charge in [0.1, 0.15) is 11.1 Å². The van der Waals surface area contributed by atoms with Crippen LogP contribution in [0, 0.1) is 0 Å². The fraction of sp³-hybridized carbons (Fsp3) is 0.111. The summed E-state index contributed by atoms with van der Waals surface area (Å²) in [5.41, 5.74) is 1.09. The number of nitrogens with one attached hydrogen (secondary N) is 1. The van der Waals surface area contributed by atoms with Crippen LogP contribution in [0.15, 0.2) is 18.3 Å². The van der Waals surface area contributed by atoms with Crippen molar-refractivity contribution in [1.29, 1.82) is 0 Å². The van der Waals surface area contributed by atoms with Gasteiger partial charge in [0.15, 0.2) is 0 Å². The molecule has 0 aliphatic carbocycles. The molecule has 5 heteroatoms. The minimum Gasteiger partial charge on any atom is -0.494 e. The van der Waals surface area contributed by atoms with Gasteiger partial charge in [-0.15, -0.1) is 0 Å². The molecule has 0 unspecified atom stereocenters. The Morgan fingerprint density at radius 1 is 1.64 bits per heavy atom. The second-order valence-corrected chi connectivity index (χ2v) is 2.74. The number of fused-ring (bicyclic) bond motifs is 1. The van der Waals surface area contributed by atoms with Gasteiger partial charge in [-0.05, 0) is 12.1 Å². The maximum absolute atomic E-state index is 11.3. The van der Waals surface area contributed by atoms with Gasteiger partial charge in [-0.1, -0.05) is 0 Å². The molecule has 0 bridgehead atoms. The molecule has 0 amide bonds. The van der Waals surface area contributed by atoms with E-state index in [2.05, 4.69) is 14.7 Å². The van der Waals surface area contributed by atoms with Crippen LogP contribution in [0.25, 0.3) is 11.0 Å². The van der Waals surface area contributed by atoms with Crippen LogP contribution in [0.5, 0.6) is 5.88 Å². The molecule has 0 saturated heterocycles. The normalized spacial score (nSPS) is 10.4. The molecule has 0 radical (unpaired) electrons. The molecule has 0 aliphatic heterocycles. The smallest absolute Gasteiger partial charge is 0.345 e. The highest BCUT2D eigenvalue weighted by Gasteiger charge is 2.19. The van der Waals surface area contributed by atoms with Crippen LogP contribution >= 0.6 is 0 Å². The van der Waals surface area contributed by atoms with Gasteiger partial charge in [-0.3, -0.25) is 4.98 Å². The molecule has 2 aromatic heterocycles. The van der Waals surface area contributed by atoms with E-state index in [1.807, 2.05) is 0 Å². The molecule has 0 saturated carbocycles. The fourth-order valence-electron chi connectivity index (χ4n) is 1.30. The molecule has 0 aliphatic rings. The summed E-state index contributed by atoms with van der Waals surface area (Å²) < 4.78 is 4.52. The molecule has 0 fully saturated rings. The van der Waals surface area contributed by atoms with Crippen molar-refractivity contribution in [3.8, 4) is 5.88 Å². The first-order chi connectivity index (χ1) is 6.74. The number of H-pyrrole nitrogens is 1. The Morgan fingerprint density at radius 2 is 2.43 bits per heavy atom. The van der Waals surface area contributed by atoms with E-state index < -0.39 is 5.97 Å². The first-order valence-electron chi connectivity index (χ1n) is 3.98. The van der Waals surface area contributed by atoms with Crippen molar-refractivity contribution in [2.75, 3.05) is 7.11 Å². The van der Waals surface area contributed by atoms with E-state index in [0.717, 1.165) is 0 Å². The van der Waals surface area contributed by atoms with E-state index in [1.54, 1.807) is 18.3 Å². The molecule has 72 valence electrons. The number of rotatable bonds is 1. The number of carbonyl (C=O) groups is 1. The summed E-state index contributed by atoms with van der Waals surface area (Å²) in [6.07, 6.45) is 1.54. The Kier molecular flexibility index (Phi) is 1.85. The monoisotopic (exact) mass is 192 g/mol. The lowest BCUT2D eigenvalue weighted by atomic mass is 10.2. The third kappa shape index (κ3) is 1.10. The quantitative estimate of drug-likeness (QED) is 0.662. The summed E-state index contributed by atoms with van der Waals surface area (Å²) in [5, 5.41) is 9.44. The SMILES string of the molecule is COC(=O)c1c(O)[nH]c2cccnc12. The summed E-state index contributed by atoms with van der Waals surface area (Å²) in [5.74, 6) is -0.821. The highest BCUT2D eigenvalue weighted by atomic mass is 16.5. The van der Waals surface area contributed by atoms with Gasteiger partial charge < -0.3 is 14.8 Å². The molecule has 5 nitrogen and oxygen atoms in total. The Bertz CT molecular complexity index is 490. The van der Waals surface area contributed by atoms with Crippen LogP contribution < -0.4 is 0 Å². The van der Waals surface area contributed by atoms with Gasteiger partial charge in [0.2, 0.25) is 5.88 Å². The van der Waals surface area contributed by atoms with Crippen molar-refractivity contribution in [2.24, 2.45) is 0 Å². The second-order valence-electron chi connectivity index (χ2n) is 2.74. The van der Waals surface area contributed by atoms with Crippen molar-refractivity contribution in [3.63, 3.8) is 0 Å². The van der Waals surface area contributed by atoms with Crippen LogP contribution in [0.1, 0.15) is 10.4 Å². The van der Waals surface area contributed by atoms with E-state index >= 15 is 0 Å². The van der Waals surface area contributed by atoms with Crippen molar-refractivity contribution in [3.05, 3.63) is 23.9 Å². The third-order valence-electron chi connectivity index (χ3n) is 1.92. The number of aromatic amines is 1. The average Bonchev–Trinajstić information content (AvgIpc) is 2.53. The van der Waals surface area contributed by atoms with E-state index in [0.29, 0.717) is 11.0 Å². The molecule has 2 rings (SSSR count). The Hall–Kier alpha value is -2.04. The highest BCUT2D eigenvalue weighted by Crippen LogP contribution is 2.25. The number of aromatic nitrogens is 2. The van der Waals surface area contributed by atoms with Gasteiger partial charge in [0.05, 0.1) is 12.6 Å². The Morgan fingerprint density at radius 3 is 3.14 bits per heavy atom. The van der Waals surface area contributed by atoms with Gasteiger partial charge in [-0.2, -0.15) is 0 Å². The molecule has 14 heavy (non-hydrogen) atoms. The van der Waals surface area contributed by atoms with Gasteiger partial charge in [0.25, 0.3) is 0 Å². The number of pyridine rings is 1. The molecule has 0 atom stereocenters. The van der Waals surface area contributed by atoms with Gasteiger partial charge in [-0.25, -0.2) is 4.79 Å². The largest absolute Gasteiger partial charge is 0.494 e. The lowest BCUT2D eigenvalue weighted by Crippen LogP contribution is -2.00. The Balaban J connectivity index is 2.74. The molecule has 2 N–H and O–H groups in total. The van der Waals surface area contributed by atoms with Crippen LogP contribution in [0.3, 0.4) is 0 Å².